The zero-order chi connectivity index (χ0) is 12.2. The van der Waals surface area contributed by atoms with Gasteiger partial charge in [-0.3, -0.25) is 0 Å². The minimum atomic E-state index is -3.11. The van der Waals surface area contributed by atoms with Crippen molar-refractivity contribution >= 4 is 61.0 Å². The Labute approximate surface area is 111 Å². The van der Waals surface area contributed by atoms with E-state index in [0.29, 0.717) is 8.55 Å². The maximum absolute atomic E-state index is 5.01. The zero-order valence-corrected chi connectivity index (χ0v) is 17.7. The fraction of sp³-hybridized carbons (Fsp3) is 1.00. The quantitative estimate of drug-likeness (QED) is 0.628. The number of halogens is 4. The summed E-state index contributed by atoms with van der Waals surface area (Å²) in [6, 6.07) is 0. The van der Waals surface area contributed by atoms with Crippen LogP contribution in [0.2, 0.25) is 39.3 Å². The normalized spacial score (nSPS) is 13.3. The SMILES string of the molecule is C[Si](C)(C)[SiH2][Si](C)(C)C.[Cl][Ti]([Cl])([Cl])[Cl]. The molecule has 0 atom stereocenters. The maximum atomic E-state index is 5.01. The van der Waals surface area contributed by atoms with Crippen LogP contribution in [0, 0.1) is 0 Å². The summed E-state index contributed by atoms with van der Waals surface area (Å²) in [7, 11) is 19.2. The Morgan fingerprint density at radius 3 is 0.857 bits per heavy atom. The first-order valence-corrected chi connectivity index (χ1v) is 24.7. The summed E-state index contributed by atoms with van der Waals surface area (Å²) < 4.78 is 0. The van der Waals surface area contributed by atoms with E-state index in [1.165, 1.54) is 0 Å². The van der Waals surface area contributed by atoms with E-state index in [2.05, 4.69) is 39.3 Å². The molecule has 88 valence electrons. The van der Waals surface area contributed by atoms with Gasteiger partial charge in [0, 0.05) is 23.7 Å². The second kappa shape index (κ2) is 7.07. The van der Waals surface area contributed by atoms with Gasteiger partial charge < -0.3 is 0 Å². The van der Waals surface area contributed by atoms with Gasteiger partial charge in [0.05, 0.1) is 0 Å². The van der Waals surface area contributed by atoms with Crippen molar-refractivity contribution in [1.29, 1.82) is 0 Å². The molecule has 0 aromatic carbocycles. The van der Waals surface area contributed by atoms with E-state index in [1.54, 1.807) is 0 Å². The Kier molecular flexibility index (Phi) is 9.53. The predicted molar refractivity (Wildman–Crippen MR) is 78.6 cm³/mol. The van der Waals surface area contributed by atoms with Gasteiger partial charge in [-0.2, -0.15) is 0 Å². The second-order valence-corrected chi connectivity index (χ2v) is 48.8. The Balaban J connectivity index is 0. The molecule has 8 heteroatoms. The van der Waals surface area contributed by atoms with Gasteiger partial charge >= 0.3 is 49.6 Å². The van der Waals surface area contributed by atoms with Crippen molar-refractivity contribution in [3.8, 4) is 0 Å². The summed E-state index contributed by atoms with van der Waals surface area (Å²) in [4.78, 5) is 0. The van der Waals surface area contributed by atoms with Gasteiger partial charge in [0.2, 0.25) is 0 Å². The van der Waals surface area contributed by atoms with Crippen molar-refractivity contribution in [2.45, 2.75) is 39.3 Å². The molecule has 0 bridgehead atoms. The monoisotopic (exact) mass is 364 g/mol. The molecule has 0 fully saturated rings. The van der Waals surface area contributed by atoms with Crippen LogP contribution >= 0.6 is 37.2 Å². The van der Waals surface area contributed by atoms with E-state index in [4.69, 9.17) is 37.2 Å². The van der Waals surface area contributed by atoms with Gasteiger partial charge in [-0.15, -0.1) is 0 Å². The topological polar surface area (TPSA) is 0 Å². The van der Waals surface area contributed by atoms with Gasteiger partial charge in [0.25, 0.3) is 0 Å². The molecule has 14 heavy (non-hydrogen) atoms. The Bertz CT molecular complexity index is 140. The molecule has 0 spiro atoms. The number of hydrogen-bond donors (Lipinski definition) is 0. The summed E-state index contributed by atoms with van der Waals surface area (Å²) in [5.41, 5.74) is 0. The first-order valence-electron chi connectivity index (χ1n) is 4.46. The van der Waals surface area contributed by atoms with Crippen molar-refractivity contribution < 1.29 is 12.3 Å². The summed E-state index contributed by atoms with van der Waals surface area (Å²) >= 11 is -3.11. The summed E-state index contributed by atoms with van der Waals surface area (Å²) in [5, 5.41) is 0. The Morgan fingerprint density at radius 1 is 0.714 bits per heavy atom. The number of rotatable bonds is 2. The van der Waals surface area contributed by atoms with Crippen LogP contribution in [-0.2, 0) is 12.3 Å². The third-order valence-corrected chi connectivity index (χ3v) is 28.6. The average molecular weight is 366 g/mol. The van der Waals surface area contributed by atoms with Crippen molar-refractivity contribution in [1.82, 2.24) is 0 Å². The van der Waals surface area contributed by atoms with Crippen molar-refractivity contribution in [2.75, 3.05) is 0 Å². The van der Waals surface area contributed by atoms with Crippen LogP contribution in [0.3, 0.4) is 0 Å². The zero-order valence-electron chi connectivity index (χ0n) is 9.72. The van der Waals surface area contributed by atoms with E-state index in [0.717, 1.165) is 0 Å². The van der Waals surface area contributed by atoms with Gasteiger partial charge in [-0.25, -0.2) is 0 Å². The fourth-order valence-corrected chi connectivity index (χ4v) is 43.0. The fourth-order valence-electron chi connectivity index (χ4n) is 1.59. The van der Waals surface area contributed by atoms with Crippen LogP contribution in [0.5, 0.6) is 0 Å². The Morgan fingerprint density at radius 2 is 0.857 bits per heavy atom. The average Bonchev–Trinajstić information content (AvgIpc) is 1.42. The molecular weight excluding hydrogens is 346 g/mol. The summed E-state index contributed by atoms with van der Waals surface area (Å²) in [6.07, 6.45) is 0. The molecule has 0 nitrogen and oxygen atoms in total. The Hall–Kier alpha value is 2.52. The van der Waals surface area contributed by atoms with Crippen molar-refractivity contribution in [3.05, 3.63) is 0 Å². The van der Waals surface area contributed by atoms with Crippen LogP contribution < -0.4 is 0 Å². The van der Waals surface area contributed by atoms with Gasteiger partial charge in [0.1, 0.15) is 0 Å². The molecule has 0 rings (SSSR count). The molecule has 0 aromatic rings. The van der Waals surface area contributed by atoms with Gasteiger partial charge in [0.15, 0.2) is 0 Å². The van der Waals surface area contributed by atoms with Gasteiger partial charge in [-0.05, 0) is 0 Å². The van der Waals surface area contributed by atoms with E-state index in [1.807, 2.05) is 0 Å². The molecule has 0 saturated heterocycles. The molecule has 0 aliphatic heterocycles. The molecule has 0 radical (unpaired) electrons. The molecule has 0 heterocycles. The van der Waals surface area contributed by atoms with Crippen LogP contribution in [0.4, 0.5) is 0 Å². The van der Waals surface area contributed by atoms with E-state index in [-0.39, 0.29) is 0 Å². The first-order chi connectivity index (χ1) is 5.71. The predicted octanol–water partition coefficient (Wildman–Crippen LogP) is 4.58. The van der Waals surface area contributed by atoms with Crippen LogP contribution in [0.1, 0.15) is 0 Å². The first kappa shape index (κ1) is 18.9. The van der Waals surface area contributed by atoms with E-state index < -0.39 is 27.5 Å². The van der Waals surface area contributed by atoms with Crippen LogP contribution in [0.15, 0.2) is 0 Å². The van der Waals surface area contributed by atoms with Crippen LogP contribution in [-0.4, -0.2) is 23.7 Å². The second-order valence-electron chi connectivity index (χ2n) is 5.73. The standard InChI is InChI=1S/C6H20Si3.4ClH.Ti/c1-8(2,3)7-9(4,5)6;;;;;/h7H2,1-6H3;4*1H;/q;;;;;+4/p-4. The van der Waals surface area contributed by atoms with Crippen molar-refractivity contribution in [3.63, 3.8) is 0 Å². The molecule has 0 aliphatic carbocycles. The molecular formula is C6H20Cl4Si3Ti. The van der Waals surface area contributed by atoms with Crippen LogP contribution in [0.25, 0.3) is 0 Å². The molecule has 0 aliphatic rings. The van der Waals surface area contributed by atoms with Gasteiger partial charge in [-0.1, -0.05) is 39.3 Å². The van der Waals surface area contributed by atoms with E-state index in [9.17, 15) is 0 Å². The molecule has 0 aromatic heterocycles. The number of hydrogen-bond acceptors (Lipinski definition) is 0. The third-order valence-electron chi connectivity index (χ3n) is 1.06. The third kappa shape index (κ3) is 36.6. The minimum absolute atomic E-state index is 0.366. The molecule has 0 unspecified atom stereocenters. The summed E-state index contributed by atoms with van der Waals surface area (Å²) in [6.45, 7) is 15.2. The summed E-state index contributed by atoms with van der Waals surface area (Å²) in [5.74, 6) is 0. The van der Waals surface area contributed by atoms with Crippen molar-refractivity contribution in [2.24, 2.45) is 0 Å². The molecule has 0 amide bonds. The van der Waals surface area contributed by atoms with E-state index >= 15 is 0 Å². The molecule has 0 N–H and O–H groups in total. The molecule has 0 saturated carbocycles.